The summed E-state index contributed by atoms with van der Waals surface area (Å²) in [6, 6.07) is 5.99. The third-order valence-electron chi connectivity index (χ3n) is 2.15. The average molecular weight is 284 g/mol. The Morgan fingerprint density at radius 3 is 2.42 bits per heavy atom. The van der Waals surface area contributed by atoms with E-state index in [2.05, 4.69) is 19.7 Å². The van der Waals surface area contributed by atoms with Gasteiger partial charge in [-0.3, -0.25) is 0 Å². The molecule has 0 fully saturated rings. The molecule has 8 heteroatoms. The van der Waals surface area contributed by atoms with E-state index in [1.165, 1.54) is 23.9 Å². The molecule has 1 heterocycles. The number of nitrogens with zero attached hydrogens (tertiary/aromatic N) is 3. The van der Waals surface area contributed by atoms with E-state index in [1.54, 1.807) is 12.1 Å². The number of anilines is 1. The normalized spacial score (nSPS) is 10.7. The number of nitrogens with two attached hydrogens (primary N) is 1. The van der Waals surface area contributed by atoms with Crippen LogP contribution in [0, 0.1) is 0 Å². The van der Waals surface area contributed by atoms with Crippen LogP contribution in [0.5, 0.6) is 5.75 Å². The zero-order valence-electron chi connectivity index (χ0n) is 9.88. The summed E-state index contributed by atoms with van der Waals surface area (Å²) in [5.41, 5.74) is 6.21. The number of ether oxygens (including phenoxy) is 1. The Kier molecular flexibility index (Phi) is 4.10. The second-order valence-corrected chi connectivity index (χ2v) is 4.18. The highest BCUT2D eigenvalue weighted by atomic mass is 32.2. The molecule has 1 aromatic heterocycles. The number of nitrogen functional groups attached to an aromatic ring is 1. The van der Waals surface area contributed by atoms with E-state index in [0.29, 0.717) is 16.5 Å². The molecule has 1 aromatic carbocycles. The largest absolute Gasteiger partial charge is 0.435 e. The summed E-state index contributed by atoms with van der Waals surface area (Å²) >= 11 is 1.34. The maximum atomic E-state index is 12.0. The number of thioether (sulfide) groups is 1. The van der Waals surface area contributed by atoms with Crippen molar-refractivity contribution in [1.82, 2.24) is 15.0 Å². The lowest BCUT2D eigenvalue weighted by atomic mass is 10.2. The lowest BCUT2D eigenvalue weighted by molar-refractivity contribution is -0.0498. The van der Waals surface area contributed by atoms with Crippen molar-refractivity contribution >= 4 is 17.7 Å². The number of halogens is 2. The number of rotatable bonds is 4. The van der Waals surface area contributed by atoms with Crippen LogP contribution in [0.2, 0.25) is 0 Å². The van der Waals surface area contributed by atoms with Crippen LogP contribution in [0.25, 0.3) is 11.4 Å². The van der Waals surface area contributed by atoms with E-state index in [9.17, 15) is 8.78 Å². The van der Waals surface area contributed by atoms with Crippen molar-refractivity contribution in [3.63, 3.8) is 0 Å². The number of benzene rings is 1. The molecule has 5 nitrogen and oxygen atoms in total. The van der Waals surface area contributed by atoms with Gasteiger partial charge in [0, 0.05) is 5.56 Å². The quantitative estimate of drug-likeness (QED) is 0.869. The molecule has 0 saturated heterocycles. The maximum Gasteiger partial charge on any atom is 0.387 e. The fraction of sp³-hybridized carbons (Fsp3) is 0.182. The summed E-state index contributed by atoms with van der Waals surface area (Å²) in [6.07, 6.45) is 1.82. The maximum absolute atomic E-state index is 12.0. The third kappa shape index (κ3) is 3.50. The summed E-state index contributed by atoms with van der Waals surface area (Å²) in [6.45, 7) is -2.85. The molecule has 0 amide bonds. The molecule has 100 valence electrons. The van der Waals surface area contributed by atoms with E-state index in [0.717, 1.165) is 0 Å². The van der Waals surface area contributed by atoms with Gasteiger partial charge in [0.15, 0.2) is 11.0 Å². The fourth-order valence-corrected chi connectivity index (χ4v) is 1.74. The molecule has 2 N–H and O–H groups in total. The van der Waals surface area contributed by atoms with Gasteiger partial charge in [-0.2, -0.15) is 18.7 Å². The van der Waals surface area contributed by atoms with Crippen LogP contribution >= 0.6 is 11.8 Å². The average Bonchev–Trinajstić information content (AvgIpc) is 2.38. The topological polar surface area (TPSA) is 73.9 Å². The molecule has 0 radical (unpaired) electrons. The Balaban J connectivity index is 2.29. The standard InChI is InChI=1S/C11H10F2N4OS/c1-19-11-16-8(15-10(14)17-11)6-2-4-7(5-3-6)18-9(12)13/h2-5,9H,1H3,(H2,14,15,16,17). The molecule has 0 aliphatic carbocycles. The molecular formula is C11H10F2N4OS. The van der Waals surface area contributed by atoms with Crippen LogP contribution in [-0.2, 0) is 0 Å². The van der Waals surface area contributed by atoms with Gasteiger partial charge in [0.1, 0.15) is 5.75 Å². The van der Waals surface area contributed by atoms with Crippen molar-refractivity contribution < 1.29 is 13.5 Å². The highest BCUT2D eigenvalue weighted by Crippen LogP contribution is 2.22. The molecule has 2 aromatic rings. The number of hydrogen-bond acceptors (Lipinski definition) is 6. The van der Waals surface area contributed by atoms with Gasteiger partial charge in [-0.15, -0.1) is 0 Å². The Labute approximate surface area is 112 Å². The number of hydrogen-bond donors (Lipinski definition) is 1. The summed E-state index contributed by atoms with van der Waals surface area (Å²) in [5, 5.41) is 0.496. The lowest BCUT2D eigenvalue weighted by Gasteiger charge is -2.06. The minimum Gasteiger partial charge on any atom is -0.435 e. The second kappa shape index (κ2) is 5.79. The summed E-state index contributed by atoms with van der Waals surface area (Å²) in [7, 11) is 0. The van der Waals surface area contributed by atoms with Crippen LogP contribution in [0.15, 0.2) is 29.4 Å². The third-order valence-corrected chi connectivity index (χ3v) is 2.70. The Hall–Kier alpha value is -1.96. The van der Waals surface area contributed by atoms with Gasteiger partial charge in [0.05, 0.1) is 0 Å². The monoisotopic (exact) mass is 284 g/mol. The van der Waals surface area contributed by atoms with E-state index < -0.39 is 6.61 Å². The smallest absolute Gasteiger partial charge is 0.387 e. The van der Waals surface area contributed by atoms with Crippen LogP contribution in [-0.4, -0.2) is 27.8 Å². The minimum atomic E-state index is -2.85. The predicted octanol–water partition coefficient (Wildman–Crippen LogP) is 2.44. The molecule has 0 aliphatic heterocycles. The molecule has 2 rings (SSSR count). The summed E-state index contributed by atoms with van der Waals surface area (Å²) < 4.78 is 28.3. The summed E-state index contributed by atoms with van der Waals surface area (Å²) in [4.78, 5) is 12.1. The fourth-order valence-electron chi connectivity index (χ4n) is 1.38. The molecule has 0 atom stereocenters. The highest BCUT2D eigenvalue weighted by Gasteiger charge is 2.08. The molecular weight excluding hydrogens is 274 g/mol. The zero-order chi connectivity index (χ0) is 13.8. The van der Waals surface area contributed by atoms with Crippen LogP contribution < -0.4 is 10.5 Å². The van der Waals surface area contributed by atoms with Gasteiger partial charge < -0.3 is 10.5 Å². The zero-order valence-corrected chi connectivity index (χ0v) is 10.7. The molecule has 19 heavy (non-hydrogen) atoms. The van der Waals surface area contributed by atoms with E-state index in [1.807, 2.05) is 6.26 Å². The first kappa shape index (κ1) is 13.5. The molecule has 0 aliphatic rings. The number of aromatic nitrogens is 3. The van der Waals surface area contributed by atoms with E-state index in [-0.39, 0.29) is 11.7 Å². The van der Waals surface area contributed by atoms with Gasteiger partial charge in [0.2, 0.25) is 5.95 Å². The van der Waals surface area contributed by atoms with Gasteiger partial charge in [-0.1, -0.05) is 11.8 Å². The minimum absolute atomic E-state index is 0.0749. The van der Waals surface area contributed by atoms with Crippen molar-refractivity contribution in [2.75, 3.05) is 12.0 Å². The first-order valence-corrected chi connectivity index (χ1v) is 6.42. The van der Waals surface area contributed by atoms with Crippen molar-refractivity contribution in [3.05, 3.63) is 24.3 Å². The molecule has 0 spiro atoms. The van der Waals surface area contributed by atoms with Crippen molar-refractivity contribution in [3.8, 4) is 17.1 Å². The highest BCUT2D eigenvalue weighted by molar-refractivity contribution is 7.98. The van der Waals surface area contributed by atoms with Crippen LogP contribution in [0.1, 0.15) is 0 Å². The Bertz CT molecular complexity index is 565. The van der Waals surface area contributed by atoms with Gasteiger partial charge >= 0.3 is 6.61 Å². The molecule has 0 bridgehead atoms. The Morgan fingerprint density at radius 1 is 1.16 bits per heavy atom. The lowest BCUT2D eigenvalue weighted by Crippen LogP contribution is -2.02. The number of alkyl halides is 2. The van der Waals surface area contributed by atoms with Gasteiger partial charge in [-0.05, 0) is 30.5 Å². The summed E-state index contributed by atoms with van der Waals surface area (Å²) in [5.74, 6) is 0.577. The SMILES string of the molecule is CSc1nc(N)nc(-c2ccc(OC(F)F)cc2)n1. The second-order valence-electron chi connectivity index (χ2n) is 3.41. The molecule has 0 unspecified atom stereocenters. The van der Waals surface area contributed by atoms with E-state index in [4.69, 9.17) is 5.73 Å². The van der Waals surface area contributed by atoms with Gasteiger partial charge in [-0.25, -0.2) is 4.98 Å². The van der Waals surface area contributed by atoms with Crippen molar-refractivity contribution in [1.29, 1.82) is 0 Å². The first-order valence-electron chi connectivity index (χ1n) is 5.19. The van der Waals surface area contributed by atoms with Crippen LogP contribution in [0.4, 0.5) is 14.7 Å². The van der Waals surface area contributed by atoms with Crippen molar-refractivity contribution in [2.24, 2.45) is 0 Å². The van der Waals surface area contributed by atoms with Gasteiger partial charge in [0.25, 0.3) is 0 Å². The molecule has 0 saturated carbocycles. The van der Waals surface area contributed by atoms with E-state index >= 15 is 0 Å². The van der Waals surface area contributed by atoms with Crippen LogP contribution in [0.3, 0.4) is 0 Å². The Morgan fingerprint density at radius 2 is 1.84 bits per heavy atom. The van der Waals surface area contributed by atoms with Crippen molar-refractivity contribution in [2.45, 2.75) is 11.8 Å². The predicted molar refractivity (Wildman–Crippen MR) is 68.1 cm³/mol. The first-order chi connectivity index (χ1) is 9.08.